The van der Waals surface area contributed by atoms with Crippen LogP contribution in [0.2, 0.25) is 0 Å². The summed E-state index contributed by atoms with van der Waals surface area (Å²) in [6.07, 6.45) is 0. The number of nitrogens with one attached hydrogen (secondary N) is 1. The number of nitrogens with two attached hydrogens (primary N) is 1. The van der Waals surface area contributed by atoms with Crippen molar-refractivity contribution in [2.45, 2.75) is 20.8 Å². The fraction of sp³-hybridized carbons (Fsp3) is 0.200. The molecule has 2 rings (SSSR count). The number of benzene rings is 1. The smallest absolute Gasteiger partial charge is 0.273 e. The maximum absolute atomic E-state index is 12.0. The molecular formula is C15H17N3O2. The average Bonchev–Trinajstić information content (AvgIpc) is 2.75. The predicted molar refractivity (Wildman–Crippen MR) is 78.7 cm³/mol. The Kier molecular flexibility index (Phi) is 3.89. The van der Waals surface area contributed by atoms with Crippen LogP contribution in [0.1, 0.15) is 34.4 Å². The number of hydrogen-bond acceptors (Lipinski definition) is 4. The number of hydrogen-bond donors (Lipinski definition) is 2. The first-order chi connectivity index (χ1) is 9.49. The number of carbonyl (C=O) groups excluding carboxylic acids is 1. The third kappa shape index (κ3) is 2.88. The number of amides is 1. The molecule has 0 bridgehead atoms. The summed E-state index contributed by atoms with van der Waals surface area (Å²) in [5.41, 5.74) is 10.6. The van der Waals surface area contributed by atoms with Crippen LogP contribution in [0.4, 0.5) is 5.69 Å². The molecule has 5 heteroatoms. The van der Waals surface area contributed by atoms with E-state index in [4.69, 9.17) is 10.2 Å². The third-order valence-corrected chi connectivity index (χ3v) is 2.90. The quantitative estimate of drug-likeness (QED) is 0.511. The molecule has 0 spiro atoms. The Labute approximate surface area is 117 Å². The van der Waals surface area contributed by atoms with Crippen molar-refractivity contribution in [3.63, 3.8) is 0 Å². The van der Waals surface area contributed by atoms with Crippen molar-refractivity contribution in [3.05, 3.63) is 53.0 Å². The minimum Gasteiger partial charge on any atom is -0.460 e. The van der Waals surface area contributed by atoms with Crippen LogP contribution < -0.4 is 11.2 Å². The lowest BCUT2D eigenvalue weighted by Gasteiger charge is -2.04. The molecule has 0 aliphatic heterocycles. The molecule has 0 aliphatic rings. The predicted octanol–water partition coefficient (Wildman–Crippen LogP) is 2.63. The molecular weight excluding hydrogens is 254 g/mol. The summed E-state index contributed by atoms with van der Waals surface area (Å²) in [4.78, 5) is 12.0. The molecule has 1 aromatic carbocycles. The minimum absolute atomic E-state index is 0.344. The van der Waals surface area contributed by atoms with Crippen LogP contribution >= 0.6 is 0 Å². The van der Waals surface area contributed by atoms with Crippen LogP contribution in [0.15, 0.2) is 39.9 Å². The SMILES string of the molecule is CC(=NNC(=O)c1ccccc1N)c1oc(C)cc1C. The van der Waals surface area contributed by atoms with Gasteiger partial charge in [0.25, 0.3) is 5.91 Å². The molecule has 0 saturated carbocycles. The summed E-state index contributed by atoms with van der Waals surface area (Å²) in [6, 6.07) is 8.77. The van der Waals surface area contributed by atoms with Gasteiger partial charge in [-0.2, -0.15) is 5.10 Å². The number of hydrazone groups is 1. The van der Waals surface area contributed by atoms with E-state index >= 15 is 0 Å². The van der Waals surface area contributed by atoms with Gasteiger partial charge in [-0.05, 0) is 44.5 Å². The Hall–Kier alpha value is -2.56. The number of carbonyl (C=O) groups is 1. The average molecular weight is 271 g/mol. The number of nitrogens with zero attached hydrogens (tertiary/aromatic N) is 1. The highest BCUT2D eigenvalue weighted by Gasteiger charge is 2.11. The second-order valence-corrected chi connectivity index (χ2v) is 4.59. The van der Waals surface area contributed by atoms with Gasteiger partial charge in [0.15, 0.2) is 5.76 Å². The first-order valence-electron chi connectivity index (χ1n) is 6.25. The number of rotatable bonds is 3. The fourth-order valence-electron chi connectivity index (χ4n) is 1.95. The van der Waals surface area contributed by atoms with Crippen molar-refractivity contribution >= 4 is 17.3 Å². The van der Waals surface area contributed by atoms with Gasteiger partial charge in [-0.15, -0.1) is 0 Å². The number of anilines is 1. The van der Waals surface area contributed by atoms with Crippen LogP contribution in [-0.2, 0) is 0 Å². The number of aryl methyl sites for hydroxylation is 2. The number of nitrogen functional groups attached to an aromatic ring is 1. The van der Waals surface area contributed by atoms with Gasteiger partial charge in [0.1, 0.15) is 11.5 Å². The molecule has 104 valence electrons. The molecule has 1 heterocycles. The summed E-state index contributed by atoms with van der Waals surface area (Å²) in [6.45, 7) is 5.58. The Bertz CT molecular complexity index is 672. The monoisotopic (exact) mass is 271 g/mol. The van der Waals surface area contributed by atoms with E-state index in [-0.39, 0.29) is 5.91 Å². The van der Waals surface area contributed by atoms with Gasteiger partial charge < -0.3 is 10.2 Å². The lowest BCUT2D eigenvalue weighted by molar-refractivity contribution is 0.0955. The van der Waals surface area contributed by atoms with Crippen LogP contribution in [0.5, 0.6) is 0 Å². The molecule has 0 fully saturated rings. The fourth-order valence-corrected chi connectivity index (χ4v) is 1.95. The van der Waals surface area contributed by atoms with Crippen molar-refractivity contribution in [1.29, 1.82) is 0 Å². The van der Waals surface area contributed by atoms with Gasteiger partial charge in [0.05, 0.1) is 5.56 Å². The molecule has 0 radical (unpaired) electrons. The Morgan fingerprint density at radius 2 is 2.00 bits per heavy atom. The van der Waals surface area contributed by atoms with E-state index in [1.54, 1.807) is 31.2 Å². The highest BCUT2D eigenvalue weighted by Crippen LogP contribution is 2.14. The second kappa shape index (κ2) is 5.61. The number of furan rings is 1. The lowest BCUT2D eigenvalue weighted by Crippen LogP contribution is -2.20. The molecule has 2 aromatic rings. The zero-order valence-corrected chi connectivity index (χ0v) is 11.7. The highest BCUT2D eigenvalue weighted by molar-refractivity contribution is 6.02. The minimum atomic E-state index is -0.344. The van der Waals surface area contributed by atoms with Gasteiger partial charge in [-0.1, -0.05) is 12.1 Å². The molecule has 1 aromatic heterocycles. The van der Waals surface area contributed by atoms with Crippen molar-refractivity contribution in [2.24, 2.45) is 5.10 Å². The van der Waals surface area contributed by atoms with Crippen LogP contribution in [0, 0.1) is 13.8 Å². The standard InChI is InChI=1S/C15H17N3O2/c1-9-8-10(2)20-14(9)11(3)17-18-15(19)12-6-4-5-7-13(12)16/h4-8H,16H2,1-3H3,(H,18,19). The first-order valence-corrected chi connectivity index (χ1v) is 6.25. The topological polar surface area (TPSA) is 80.6 Å². The van der Waals surface area contributed by atoms with Crippen molar-refractivity contribution in [3.8, 4) is 0 Å². The number of para-hydroxylation sites is 1. The van der Waals surface area contributed by atoms with Crippen molar-refractivity contribution in [2.75, 3.05) is 5.73 Å². The summed E-state index contributed by atoms with van der Waals surface area (Å²) >= 11 is 0. The molecule has 3 N–H and O–H groups in total. The molecule has 0 saturated heterocycles. The molecule has 1 amide bonds. The molecule has 20 heavy (non-hydrogen) atoms. The van der Waals surface area contributed by atoms with Crippen molar-refractivity contribution < 1.29 is 9.21 Å². The largest absolute Gasteiger partial charge is 0.460 e. The third-order valence-electron chi connectivity index (χ3n) is 2.90. The first kappa shape index (κ1) is 13.9. The normalized spacial score (nSPS) is 11.4. The van der Waals surface area contributed by atoms with Crippen molar-refractivity contribution in [1.82, 2.24) is 5.43 Å². The Morgan fingerprint density at radius 3 is 2.60 bits per heavy atom. The van der Waals surface area contributed by atoms with Crippen LogP contribution in [0.3, 0.4) is 0 Å². The molecule has 0 atom stereocenters. The van der Waals surface area contributed by atoms with Crippen LogP contribution in [0.25, 0.3) is 0 Å². The van der Waals surface area contributed by atoms with Gasteiger partial charge in [-0.25, -0.2) is 5.43 Å². The van der Waals surface area contributed by atoms with E-state index in [0.29, 0.717) is 22.7 Å². The lowest BCUT2D eigenvalue weighted by atomic mass is 10.2. The zero-order chi connectivity index (χ0) is 14.7. The van der Waals surface area contributed by atoms with E-state index in [0.717, 1.165) is 11.3 Å². The van der Waals surface area contributed by atoms with E-state index in [1.807, 2.05) is 19.9 Å². The Balaban J connectivity index is 2.15. The van der Waals surface area contributed by atoms with Gasteiger partial charge in [-0.3, -0.25) is 4.79 Å². The van der Waals surface area contributed by atoms with E-state index in [2.05, 4.69) is 10.5 Å². The van der Waals surface area contributed by atoms with Crippen LogP contribution in [-0.4, -0.2) is 11.6 Å². The van der Waals surface area contributed by atoms with Gasteiger partial charge >= 0.3 is 0 Å². The summed E-state index contributed by atoms with van der Waals surface area (Å²) in [5.74, 6) is 1.14. The summed E-state index contributed by atoms with van der Waals surface area (Å²) < 4.78 is 5.53. The Morgan fingerprint density at radius 1 is 1.30 bits per heavy atom. The van der Waals surface area contributed by atoms with E-state index < -0.39 is 0 Å². The van der Waals surface area contributed by atoms with E-state index in [1.165, 1.54) is 0 Å². The van der Waals surface area contributed by atoms with Gasteiger partial charge in [0, 0.05) is 5.69 Å². The zero-order valence-electron chi connectivity index (χ0n) is 11.7. The molecule has 0 aliphatic carbocycles. The second-order valence-electron chi connectivity index (χ2n) is 4.59. The van der Waals surface area contributed by atoms with E-state index in [9.17, 15) is 4.79 Å². The summed E-state index contributed by atoms with van der Waals surface area (Å²) in [5, 5.41) is 4.05. The molecule has 5 nitrogen and oxygen atoms in total. The highest BCUT2D eigenvalue weighted by atomic mass is 16.3. The maximum atomic E-state index is 12.0. The molecule has 0 unspecified atom stereocenters. The maximum Gasteiger partial charge on any atom is 0.273 e. The van der Waals surface area contributed by atoms with Gasteiger partial charge in [0.2, 0.25) is 0 Å². The summed E-state index contributed by atoms with van der Waals surface area (Å²) in [7, 11) is 0.